The average Bonchev–Trinajstić information content (AvgIpc) is 2.65. The number of fused-ring (bicyclic) bond motifs is 1. The third-order valence-electron chi connectivity index (χ3n) is 4.41. The van der Waals surface area contributed by atoms with Gasteiger partial charge in [-0.05, 0) is 25.8 Å². The maximum atomic E-state index is 12.9. The van der Waals surface area contributed by atoms with E-state index < -0.39 is 0 Å². The van der Waals surface area contributed by atoms with Crippen molar-refractivity contribution < 1.29 is 19.1 Å². The van der Waals surface area contributed by atoms with Crippen LogP contribution in [-0.4, -0.2) is 37.7 Å². The van der Waals surface area contributed by atoms with E-state index >= 15 is 0 Å². The molecular weight excluding hydrogens is 330 g/mol. The van der Waals surface area contributed by atoms with Crippen molar-refractivity contribution in [1.29, 1.82) is 0 Å². The summed E-state index contributed by atoms with van der Waals surface area (Å²) in [5.41, 5.74) is 2.02. The zero-order valence-electron chi connectivity index (χ0n) is 15.6. The van der Waals surface area contributed by atoms with Gasteiger partial charge in [-0.15, -0.1) is 0 Å². The number of carbonyl (C=O) groups excluding carboxylic acids is 3. The summed E-state index contributed by atoms with van der Waals surface area (Å²) in [6, 6.07) is 6.80. The molecule has 1 aromatic carbocycles. The molecule has 1 N–H and O–H groups in total. The van der Waals surface area contributed by atoms with Crippen LogP contribution < -0.4 is 5.32 Å². The standard InChI is InChI=1S/C21H25NO4/c1-4-5-8-15(21(25)22-11-12-26-3)13-18-14(2)19(23)16-9-6-7-10-17(16)20(18)24/h6-7,9-10,13H,4-5,8,11-12H2,1-3H3,(H,22,25)/b15-13+. The molecule has 26 heavy (non-hydrogen) atoms. The fraction of sp³-hybridized carbons (Fsp3) is 0.381. The van der Waals surface area contributed by atoms with Gasteiger partial charge in [0, 0.05) is 41.5 Å². The number of ether oxygens (including phenoxy) is 1. The number of rotatable bonds is 8. The Labute approximate surface area is 154 Å². The van der Waals surface area contributed by atoms with Gasteiger partial charge in [0.05, 0.1) is 6.61 Å². The zero-order chi connectivity index (χ0) is 19.1. The lowest BCUT2D eigenvalue weighted by molar-refractivity contribution is -0.117. The number of nitrogens with one attached hydrogen (secondary N) is 1. The van der Waals surface area contributed by atoms with E-state index in [9.17, 15) is 14.4 Å². The van der Waals surface area contributed by atoms with Crippen LogP contribution in [0.4, 0.5) is 0 Å². The molecule has 0 radical (unpaired) electrons. The summed E-state index contributed by atoms with van der Waals surface area (Å²) >= 11 is 0. The molecule has 1 aromatic rings. The third kappa shape index (κ3) is 4.35. The summed E-state index contributed by atoms with van der Waals surface area (Å²) in [7, 11) is 1.57. The van der Waals surface area contributed by atoms with Crippen LogP contribution in [0.5, 0.6) is 0 Å². The van der Waals surface area contributed by atoms with Gasteiger partial charge in [-0.3, -0.25) is 14.4 Å². The second kappa shape index (κ2) is 9.25. The van der Waals surface area contributed by atoms with Gasteiger partial charge in [0.2, 0.25) is 5.91 Å². The zero-order valence-corrected chi connectivity index (χ0v) is 15.6. The molecule has 2 rings (SSSR count). The Hall–Kier alpha value is -2.53. The summed E-state index contributed by atoms with van der Waals surface area (Å²) in [4.78, 5) is 37.9. The van der Waals surface area contributed by atoms with Crippen molar-refractivity contribution in [2.24, 2.45) is 0 Å². The predicted molar refractivity (Wildman–Crippen MR) is 100 cm³/mol. The second-order valence-electron chi connectivity index (χ2n) is 6.26. The molecule has 0 aliphatic heterocycles. The first-order chi connectivity index (χ1) is 12.5. The average molecular weight is 355 g/mol. The molecule has 0 spiro atoms. The highest BCUT2D eigenvalue weighted by Crippen LogP contribution is 2.28. The highest BCUT2D eigenvalue weighted by atomic mass is 16.5. The molecule has 0 saturated carbocycles. The van der Waals surface area contributed by atoms with Crippen LogP contribution in [0.1, 0.15) is 53.8 Å². The van der Waals surface area contributed by atoms with E-state index in [1.807, 2.05) is 6.92 Å². The first-order valence-electron chi connectivity index (χ1n) is 8.88. The van der Waals surface area contributed by atoms with E-state index in [1.165, 1.54) is 0 Å². The van der Waals surface area contributed by atoms with Gasteiger partial charge in [0.15, 0.2) is 11.6 Å². The number of carbonyl (C=O) groups is 3. The van der Waals surface area contributed by atoms with Crippen LogP contribution in [0.25, 0.3) is 0 Å². The molecule has 0 bridgehead atoms. The number of allylic oxidation sites excluding steroid dienone is 3. The van der Waals surface area contributed by atoms with Crippen LogP contribution in [0.3, 0.4) is 0 Å². The van der Waals surface area contributed by atoms with Crippen molar-refractivity contribution in [3.05, 3.63) is 58.2 Å². The summed E-state index contributed by atoms with van der Waals surface area (Å²) in [5.74, 6) is -0.604. The molecule has 5 nitrogen and oxygen atoms in total. The monoisotopic (exact) mass is 355 g/mol. The maximum Gasteiger partial charge on any atom is 0.247 e. The number of hydrogen-bond donors (Lipinski definition) is 1. The van der Waals surface area contributed by atoms with Gasteiger partial charge in [-0.25, -0.2) is 0 Å². The summed E-state index contributed by atoms with van der Waals surface area (Å²) in [6.45, 7) is 4.49. The molecule has 1 aliphatic carbocycles. The van der Waals surface area contributed by atoms with Crippen LogP contribution in [0.2, 0.25) is 0 Å². The van der Waals surface area contributed by atoms with Gasteiger partial charge in [-0.1, -0.05) is 37.6 Å². The first-order valence-corrected chi connectivity index (χ1v) is 8.88. The summed E-state index contributed by atoms with van der Waals surface area (Å²) in [6.07, 6.45) is 3.89. The molecule has 0 heterocycles. The third-order valence-corrected chi connectivity index (χ3v) is 4.41. The van der Waals surface area contributed by atoms with Gasteiger partial charge in [0.1, 0.15) is 0 Å². The molecule has 0 aromatic heterocycles. The molecule has 0 unspecified atom stereocenters. The number of hydrogen-bond acceptors (Lipinski definition) is 4. The van der Waals surface area contributed by atoms with Gasteiger partial charge in [0.25, 0.3) is 0 Å². The van der Waals surface area contributed by atoms with Crippen LogP contribution in [0.15, 0.2) is 47.1 Å². The molecule has 138 valence electrons. The van der Waals surface area contributed by atoms with Crippen LogP contribution in [-0.2, 0) is 9.53 Å². The fourth-order valence-corrected chi connectivity index (χ4v) is 2.87. The van der Waals surface area contributed by atoms with Crippen molar-refractivity contribution in [3.63, 3.8) is 0 Å². The number of methoxy groups -OCH3 is 1. The molecule has 5 heteroatoms. The Morgan fingerprint density at radius 2 is 1.81 bits per heavy atom. The smallest absolute Gasteiger partial charge is 0.247 e. The lowest BCUT2D eigenvalue weighted by Gasteiger charge is -2.18. The molecule has 1 aliphatic rings. The number of Topliss-reactive ketones (excluding diaryl/α,β-unsaturated/α-hetero) is 2. The molecular formula is C21H25NO4. The molecule has 0 atom stereocenters. The van der Waals surface area contributed by atoms with Crippen molar-refractivity contribution in [2.75, 3.05) is 20.3 Å². The van der Waals surface area contributed by atoms with E-state index in [0.717, 1.165) is 12.8 Å². The Bertz CT molecular complexity index is 774. The topological polar surface area (TPSA) is 72.5 Å². The van der Waals surface area contributed by atoms with Crippen LogP contribution >= 0.6 is 0 Å². The first kappa shape index (κ1) is 19.8. The minimum Gasteiger partial charge on any atom is -0.383 e. The molecule has 0 saturated heterocycles. The Morgan fingerprint density at radius 1 is 1.15 bits per heavy atom. The van der Waals surface area contributed by atoms with Crippen molar-refractivity contribution >= 4 is 17.5 Å². The largest absolute Gasteiger partial charge is 0.383 e. The highest BCUT2D eigenvalue weighted by molar-refractivity contribution is 6.28. The predicted octanol–water partition coefficient (Wildman–Crippen LogP) is 3.26. The van der Waals surface area contributed by atoms with E-state index in [4.69, 9.17) is 4.74 Å². The summed E-state index contributed by atoms with van der Waals surface area (Å²) in [5, 5.41) is 2.79. The fourth-order valence-electron chi connectivity index (χ4n) is 2.87. The highest BCUT2D eigenvalue weighted by Gasteiger charge is 2.29. The Morgan fingerprint density at radius 3 is 2.42 bits per heavy atom. The molecule has 1 amide bonds. The number of unbranched alkanes of at least 4 members (excludes halogenated alkanes) is 1. The van der Waals surface area contributed by atoms with Crippen molar-refractivity contribution in [1.82, 2.24) is 5.32 Å². The van der Waals surface area contributed by atoms with Crippen LogP contribution in [0, 0.1) is 0 Å². The number of ketones is 2. The van der Waals surface area contributed by atoms with E-state index in [0.29, 0.717) is 47.4 Å². The quantitative estimate of drug-likeness (QED) is 0.574. The van der Waals surface area contributed by atoms with E-state index in [2.05, 4.69) is 5.32 Å². The SMILES string of the molecule is CCCC/C(=C\C1=C(C)C(=O)c2ccccc2C1=O)C(=O)NCCOC. The van der Waals surface area contributed by atoms with Gasteiger partial charge < -0.3 is 10.1 Å². The Kier molecular flexibility index (Phi) is 7.04. The normalized spacial score (nSPS) is 14.5. The number of amides is 1. The maximum absolute atomic E-state index is 12.9. The van der Waals surface area contributed by atoms with Gasteiger partial charge >= 0.3 is 0 Å². The lowest BCUT2D eigenvalue weighted by atomic mass is 9.83. The minimum atomic E-state index is -0.227. The lowest BCUT2D eigenvalue weighted by Crippen LogP contribution is -2.29. The Balaban J connectivity index is 2.37. The summed E-state index contributed by atoms with van der Waals surface area (Å²) < 4.78 is 4.95. The van der Waals surface area contributed by atoms with Crippen molar-refractivity contribution in [3.8, 4) is 0 Å². The van der Waals surface area contributed by atoms with Crippen molar-refractivity contribution in [2.45, 2.75) is 33.1 Å². The van der Waals surface area contributed by atoms with E-state index in [-0.39, 0.29) is 17.5 Å². The second-order valence-corrected chi connectivity index (χ2v) is 6.26. The molecule has 0 fully saturated rings. The number of benzene rings is 1. The van der Waals surface area contributed by atoms with Gasteiger partial charge in [-0.2, -0.15) is 0 Å². The van der Waals surface area contributed by atoms with E-state index in [1.54, 1.807) is 44.4 Å². The minimum absolute atomic E-state index is 0.166.